The maximum Gasteiger partial charge on any atom is 0.261 e. The molecule has 164 valence electrons. The van der Waals surface area contributed by atoms with Gasteiger partial charge in [-0.25, -0.2) is 8.42 Å². The van der Waals surface area contributed by atoms with Crippen molar-refractivity contribution in [3.8, 4) is 0 Å². The third kappa shape index (κ3) is 4.98. The van der Waals surface area contributed by atoms with E-state index in [1.165, 1.54) is 36.0 Å². The lowest BCUT2D eigenvalue weighted by atomic mass is 10.2. The quantitative estimate of drug-likeness (QED) is 0.371. The SMILES string of the molecule is O=C1CCC(=O)N1c1ccc(S(=O)(=O)Nc2ccccc2SCc2ccc(Cl)cc2)cc1. The Morgan fingerprint density at radius 3 is 2.16 bits per heavy atom. The summed E-state index contributed by atoms with van der Waals surface area (Å²) in [5.74, 6) is 0.0911. The molecule has 0 unspecified atom stereocenters. The van der Waals surface area contributed by atoms with Crippen molar-refractivity contribution in [3.05, 3.63) is 83.4 Å². The van der Waals surface area contributed by atoms with Gasteiger partial charge in [0.1, 0.15) is 0 Å². The Labute approximate surface area is 195 Å². The lowest BCUT2D eigenvalue weighted by Crippen LogP contribution is -2.28. The number of imide groups is 1. The molecule has 0 atom stereocenters. The lowest BCUT2D eigenvalue weighted by Gasteiger charge is -2.15. The number of thioether (sulfide) groups is 1. The molecule has 3 aromatic rings. The second-order valence-corrected chi connectivity index (χ2v) is 10.3. The first-order valence-corrected chi connectivity index (χ1v) is 12.6. The number of hydrogen-bond donors (Lipinski definition) is 1. The predicted octanol–water partition coefficient (Wildman–Crippen LogP) is 5.09. The maximum absolute atomic E-state index is 12.9. The zero-order valence-corrected chi connectivity index (χ0v) is 19.2. The second-order valence-electron chi connectivity index (χ2n) is 7.13. The number of para-hydroxylation sites is 1. The van der Waals surface area contributed by atoms with Gasteiger partial charge in [0.2, 0.25) is 11.8 Å². The van der Waals surface area contributed by atoms with E-state index >= 15 is 0 Å². The molecule has 0 radical (unpaired) electrons. The van der Waals surface area contributed by atoms with E-state index < -0.39 is 10.0 Å². The normalized spacial score (nSPS) is 14.1. The highest BCUT2D eigenvalue weighted by atomic mass is 35.5. The van der Waals surface area contributed by atoms with Crippen LogP contribution in [0.15, 0.2) is 82.6 Å². The molecular formula is C23H19ClN2O4S2. The van der Waals surface area contributed by atoms with Gasteiger partial charge in [0.05, 0.1) is 16.3 Å². The molecule has 1 aliphatic rings. The van der Waals surface area contributed by atoms with E-state index in [1.807, 2.05) is 36.4 Å². The summed E-state index contributed by atoms with van der Waals surface area (Å²) in [7, 11) is -3.86. The van der Waals surface area contributed by atoms with Gasteiger partial charge >= 0.3 is 0 Å². The van der Waals surface area contributed by atoms with E-state index in [1.54, 1.807) is 12.1 Å². The van der Waals surface area contributed by atoms with Crippen LogP contribution in [-0.2, 0) is 25.4 Å². The number of rotatable bonds is 7. The van der Waals surface area contributed by atoms with E-state index in [0.29, 0.717) is 22.2 Å². The Kier molecular flexibility index (Phi) is 6.55. The molecule has 9 heteroatoms. The van der Waals surface area contributed by atoms with Crippen molar-refractivity contribution in [1.82, 2.24) is 0 Å². The minimum atomic E-state index is -3.86. The largest absolute Gasteiger partial charge is 0.278 e. The molecule has 2 amide bonds. The van der Waals surface area contributed by atoms with Crippen LogP contribution in [0.1, 0.15) is 18.4 Å². The Morgan fingerprint density at radius 2 is 1.50 bits per heavy atom. The number of anilines is 2. The summed E-state index contributed by atoms with van der Waals surface area (Å²) in [6.07, 6.45) is 0.343. The highest BCUT2D eigenvalue weighted by Crippen LogP contribution is 2.32. The molecule has 32 heavy (non-hydrogen) atoms. The number of nitrogens with one attached hydrogen (secondary N) is 1. The van der Waals surface area contributed by atoms with Crippen molar-refractivity contribution in [2.75, 3.05) is 9.62 Å². The van der Waals surface area contributed by atoms with Gasteiger partial charge in [-0.15, -0.1) is 11.8 Å². The van der Waals surface area contributed by atoms with E-state index in [-0.39, 0.29) is 29.6 Å². The van der Waals surface area contributed by atoms with Crippen LogP contribution in [0.5, 0.6) is 0 Å². The first-order chi connectivity index (χ1) is 15.3. The third-order valence-electron chi connectivity index (χ3n) is 4.90. The maximum atomic E-state index is 12.9. The molecule has 4 rings (SSSR count). The fourth-order valence-corrected chi connectivity index (χ4v) is 5.50. The summed E-state index contributed by atoms with van der Waals surface area (Å²) in [5.41, 5.74) is 1.91. The predicted molar refractivity (Wildman–Crippen MR) is 126 cm³/mol. The lowest BCUT2D eigenvalue weighted by molar-refractivity contribution is -0.121. The summed E-state index contributed by atoms with van der Waals surface area (Å²) in [4.78, 5) is 25.7. The molecule has 1 aliphatic heterocycles. The number of benzene rings is 3. The molecule has 0 saturated carbocycles. The van der Waals surface area contributed by atoms with Crippen LogP contribution in [0.3, 0.4) is 0 Å². The molecule has 0 spiro atoms. The summed E-state index contributed by atoms with van der Waals surface area (Å²) >= 11 is 7.44. The monoisotopic (exact) mass is 486 g/mol. The van der Waals surface area contributed by atoms with Crippen molar-refractivity contribution in [2.24, 2.45) is 0 Å². The van der Waals surface area contributed by atoms with Gasteiger partial charge in [0.25, 0.3) is 10.0 Å². The molecule has 6 nitrogen and oxygen atoms in total. The van der Waals surface area contributed by atoms with Crippen LogP contribution in [0.4, 0.5) is 11.4 Å². The van der Waals surface area contributed by atoms with Crippen LogP contribution in [0, 0.1) is 0 Å². The smallest absolute Gasteiger partial charge is 0.261 e. The molecule has 0 aromatic heterocycles. The minimum absolute atomic E-state index is 0.0397. The van der Waals surface area contributed by atoms with Crippen LogP contribution in [0.25, 0.3) is 0 Å². The average Bonchev–Trinajstić information content (AvgIpc) is 3.12. The van der Waals surface area contributed by atoms with Crippen molar-refractivity contribution < 1.29 is 18.0 Å². The van der Waals surface area contributed by atoms with Crippen LogP contribution >= 0.6 is 23.4 Å². The van der Waals surface area contributed by atoms with Gasteiger partial charge in [0, 0.05) is 28.5 Å². The minimum Gasteiger partial charge on any atom is -0.278 e. The number of carbonyl (C=O) groups is 2. The van der Waals surface area contributed by atoms with Crippen LogP contribution in [-0.4, -0.2) is 20.2 Å². The van der Waals surface area contributed by atoms with Crippen molar-refractivity contribution in [1.29, 1.82) is 0 Å². The number of nitrogens with zero attached hydrogens (tertiary/aromatic N) is 1. The van der Waals surface area contributed by atoms with Gasteiger partial charge in [-0.2, -0.15) is 0 Å². The number of halogens is 1. The van der Waals surface area contributed by atoms with Gasteiger partial charge in [0.15, 0.2) is 0 Å². The first-order valence-electron chi connectivity index (χ1n) is 9.78. The Hall–Kier alpha value is -2.81. The molecule has 1 heterocycles. The molecule has 0 bridgehead atoms. The zero-order chi connectivity index (χ0) is 22.7. The molecule has 3 aromatic carbocycles. The van der Waals surface area contributed by atoms with E-state index in [4.69, 9.17) is 11.6 Å². The molecule has 1 fully saturated rings. The zero-order valence-electron chi connectivity index (χ0n) is 16.8. The Balaban J connectivity index is 1.50. The number of amides is 2. The first kappa shape index (κ1) is 22.4. The molecule has 1 N–H and O–H groups in total. The Morgan fingerprint density at radius 1 is 0.875 bits per heavy atom. The number of hydrogen-bond acceptors (Lipinski definition) is 5. The standard InChI is InChI=1S/C23H19ClN2O4S2/c24-17-7-5-16(6-8-17)15-31-21-4-2-1-3-20(21)25-32(29,30)19-11-9-18(10-12-19)26-22(27)13-14-23(26)28/h1-12,25H,13-15H2. The average molecular weight is 487 g/mol. The number of sulfonamides is 1. The second kappa shape index (κ2) is 9.36. The highest BCUT2D eigenvalue weighted by Gasteiger charge is 2.30. The van der Waals surface area contributed by atoms with Crippen LogP contribution < -0.4 is 9.62 Å². The number of carbonyl (C=O) groups excluding carboxylic acids is 2. The summed E-state index contributed by atoms with van der Waals surface area (Å²) in [6, 6.07) is 20.4. The molecular weight excluding hydrogens is 468 g/mol. The van der Waals surface area contributed by atoms with Gasteiger partial charge in [-0.1, -0.05) is 35.9 Å². The van der Waals surface area contributed by atoms with E-state index in [2.05, 4.69) is 4.72 Å². The van der Waals surface area contributed by atoms with Gasteiger partial charge in [-0.05, 0) is 54.1 Å². The third-order valence-corrected chi connectivity index (χ3v) is 7.67. The van der Waals surface area contributed by atoms with Crippen molar-refractivity contribution >= 4 is 56.6 Å². The molecule has 0 aliphatic carbocycles. The highest BCUT2D eigenvalue weighted by molar-refractivity contribution is 7.98. The molecule has 1 saturated heterocycles. The fourth-order valence-electron chi connectivity index (χ4n) is 3.26. The fraction of sp³-hybridized carbons (Fsp3) is 0.130. The van der Waals surface area contributed by atoms with Gasteiger partial charge < -0.3 is 0 Å². The van der Waals surface area contributed by atoms with Gasteiger partial charge in [-0.3, -0.25) is 19.2 Å². The summed E-state index contributed by atoms with van der Waals surface area (Å²) in [5, 5.41) is 0.663. The summed E-state index contributed by atoms with van der Waals surface area (Å²) in [6.45, 7) is 0. The summed E-state index contributed by atoms with van der Waals surface area (Å²) < 4.78 is 28.5. The Bertz CT molecular complexity index is 1240. The van der Waals surface area contributed by atoms with E-state index in [9.17, 15) is 18.0 Å². The van der Waals surface area contributed by atoms with Crippen molar-refractivity contribution in [2.45, 2.75) is 28.4 Å². The topological polar surface area (TPSA) is 83.6 Å². The van der Waals surface area contributed by atoms with E-state index in [0.717, 1.165) is 15.4 Å². The van der Waals surface area contributed by atoms with Crippen LogP contribution in [0.2, 0.25) is 5.02 Å². The van der Waals surface area contributed by atoms with Crippen molar-refractivity contribution in [3.63, 3.8) is 0 Å².